The Morgan fingerprint density at radius 1 is 0.760 bits per heavy atom. The van der Waals surface area contributed by atoms with E-state index in [1.807, 2.05) is 60.7 Å². The van der Waals surface area contributed by atoms with Gasteiger partial charge in [0.2, 0.25) is 0 Å². The van der Waals surface area contributed by atoms with Crippen LogP contribution in [0, 0.1) is 28.6 Å². The highest BCUT2D eigenvalue weighted by molar-refractivity contribution is 8.06. The first-order valence-electron chi connectivity index (χ1n) is 7.74. The molecule has 0 saturated heterocycles. The number of allylic oxidation sites excluding steroid dienone is 2. The predicted molar refractivity (Wildman–Crippen MR) is 99.5 cm³/mol. The Balaban J connectivity index is 2.26. The molecule has 0 aliphatic carbocycles. The maximum absolute atomic E-state index is 9.70. The molecule has 1 heterocycles. The number of hydrogen-bond donors (Lipinski definition) is 2. The lowest BCUT2D eigenvalue weighted by Gasteiger charge is -2.31. The maximum atomic E-state index is 9.70. The summed E-state index contributed by atoms with van der Waals surface area (Å²) in [4.78, 5) is 0. The monoisotopic (exact) mass is 344 g/mol. The Labute approximate surface area is 151 Å². The normalized spacial score (nSPS) is 15.2. The third kappa shape index (κ3) is 3.10. The zero-order valence-electron chi connectivity index (χ0n) is 13.4. The molecule has 5 heteroatoms. The molecule has 0 bridgehead atoms. The van der Waals surface area contributed by atoms with Crippen LogP contribution >= 0.6 is 11.8 Å². The second-order valence-electron chi connectivity index (χ2n) is 5.66. The zero-order valence-corrected chi connectivity index (χ0v) is 14.2. The fourth-order valence-electron chi connectivity index (χ4n) is 3.16. The van der Waals surface area contributed by atoms with Crippen LogP contribution < -0.4 is 11.5 Å². The Bertz CT molecular complexity index is 842. The first-order chi connectivity index (χ1) is 12.2. The number of nitriles is 2. The Kier molecular flexibility index (Phi) is 4.79. The molecule has 4 N–H and O–H groups in total. The van der Waals surface area contributed by atoms with E-state index in [4.69, 9.17) is 11.5 Å². The number of hydrogen-bond acceptors (Lipinski definition) is 5. The summed E-state index contributed by atoms with van der Waals surface area (Å²) in [6.45, 7) is 0. The molecule has 0 saturated carbocycles. The molecule has 1 aliphatic rings. The summed E-state index contributed by atoms with van der Waals surface area (Å²) in [6, 6.07) is 24.0. The van der Waals surface area contributed by atoms with Gasteiger partial charge >= 0.3 is 0 Å². The average Bonchev–Trinajstić information content (AvgIpc) is 2.64. The molecular formula is C20H16N4S. The largest absolute Gasteiger partial charge is 0.392 e. The van der Waals surface area contributed by atoms with Gasteiger partial charge in [0, 0.05) is 11.8 Å². The molecule has 0 radical (unpaired) electrons. The molecule has 0 fully saturated rings. The molecule has 3 rings (SSSR count). The van der Waals surface area contributed by atoms with Crippen LogP contribution in [0.25, 0.3) is 0 Å². The van der Waals surface area contributed by atoms with Crippen molar-refractivity contribution in [3.63, 3.8) is 0 Å². The van der Waals surface area contributed by atoms with Crippen LogP contribution in [0.3, 0.4) is 0 Å². The summed E-state index contributed by atoms with van der Waals surface area (Å²) in [5.41, 5.74) is 15.0. The van der Waals surface area contributed by atoms with Crippen LogP contribution in [0.1, 0.15) is 17.0 Å². The number of nitrogens with zero attached hydrogens (tertiary/aromatic N) is 2. The van der Waals surface area contributed by atoms with Crippen LogP contribution in [0.15, 0.2) is 81.9 Å². The van der Waals surface area contributed by atoms with Crippen molar-refractivity contribution >= 4 is 11.8 Å². The fraction of sp³-hybridized carbons (Fsp3) is 0.100. The first kappa shape index (κ1) is 16.7. The highest BCUT2D eigenvalue weighted by Crippen LogP contribution is 2.46. The second-order valence-corrected chi connectivity index (χ2v) is 6.74. The zero-order chi connectivity index (χ0) is 17.8. The van der Waals surface area contributed by atoms with E-state index < -0.39 is 5.92 Å². The van der Waals surface area contributed by atoms with E-state index in [0.717, 1.165) is 22.9 Å². The van der Waals surface area contributed by atoms with Gasteiger partial charge in [0.05, 0.1) is 33.3 Å². The van der Waals surface area contributed by atoms with Gasteiger partial charge < -0.3 is 11.5 Å². The maximum Gasteiger partial charge on any atom is 0.0981 e. The third-order valence-corrected chi connectivity index (χ3v) is 5.14. The molecule has 0 unspecified atom stereocenters. The second kappa shape index (κ2) is 7.17. The molecule has 0 atom stereocenters. The van der Waals surface area contributed by atoms with Crippen molar-refractivity contribution in [1.29, 1.82) is 10.5 Å². The van der Waals surface area contributed by atoms with E-state index in [0.29, 0.717) is 21.2 Å². The van der Waals surface area contributed by atoms with Crippen LogP contribution in [0.2, 0.25) is 0 Å². The molecule has 0 aromatic heterocycles. The van der Waals surface area contributed by atoms with E-state index in [-0.39, 0.29) is 5.92 Å². The molecule has 4 nitrogen and oxygen atoms in total. The predicted octanol–water partition coefficient (Wildman–Crippen LogP) is 3.57. The van der Waals surface area contributed by atoms with Gasteiger partial charge in [-0.25, -0.2) is 0 Å². The minimum absolute atomic E-state index is 0.218. The van der Waals surface area contributed by atoms with Gasteiger partial charge in [-0.15, -0.1) is 0 Å². The SMILES string of the molecule is N#CC1=C(N)SC(N)=C(C#N)C1C(c1ccccc1)c1ccccc1. The van der Waals surface area contributed by atoms with Gasteiger partial charge in [0.25, 0.3) is 0 Å². The Hall–Kier alpha value is -3.15. The van der Waals surface area contributed by atoms with Gasteiger partial charge in [-0.1, -0.05) is 72.4 Å². The van der Waals surface area contributed by atoms with E-state index in [1.165, 1.54) is 0 Å². The van der Waals surface area contributed by atoms with Gasteiger partial charge in [0.15, 0.2) is 0 Å². The molecule has 0 amide bonds. The number of rotatable bonds is 3. The standard InChI is InChI=1S/C20H16N4S/c21-11-15-18(16(12-22)20(24)25-19(15)23)17(13-7-3-1-4-8-13)14-9-5-2-6-10-14/h1-10,17-18H,23-24H2. The van der Waals surface area contributed by atoms with Gasteiger partial charge in [-0.3, -0.25) is 0 Å². The minimum Gasteiger partial charge on any atom is -0.392 e. The summed E-state index contributed by atoms with van der Waals surface area (Å²) in [6.07, 6.45) is 0. The van der Waals surface area contributed by atoms with E-state index in [2.05, 4.69) is 12.1 Å². The summed E-state index contributed by atoms with van der Waals surface area (Å²) in [5, 5.41) is 20.1. The summed E-state index contributed by atoms with van der Waals surface area (Å²) >= 11 is 1.09. The van der Waals surface area contributed by atoms with Gasteiger partial charge in [-0.05, 0) is 11.1 Å². The smallest absolute Gasteiger partial charge is 0.0981 e. The van der Waals surface area contributed by atoms with Crippen molar-refractivity contribution in [3.8, 4) is 12.1 Å². The number of benzene rings is 2. The Morgan fingerprint density at radius 2 is 1.16 bits per heavy atom. The van der Waals surface area contributed by atoms with Crippen LogP contribution in [-0.4, -0.2) is 0 Å². The van der Waals surface area contributed by atoms with Crippen molar-refractivity contribution in [2.24, 2.45) is 17.4 Å². The highest BCUT2D eigenvalue weighted by atomic mass is 32.2. The topological polar surface area (TPSA) is 99.6 Å². The molecule has 2 aromatic rings. The quantitative estimate of drug-likeness (QED) is 0.886. The summed E-state index contributed by atoms with van der Waals surface area (Å²) < 4.78 is 0. The van der Waals surface area contributed by atoms with E-state index in [1.54, 1.807) is 0 Å². The van der Waals surface area contributed by atoms with Crippen molar-refractivity contribution in [1.82, 2.24) is 0 Å². The van der Waals surface area contributed by atoms with Crippen molar-refractivity contribution in [2.75, 3.05) is 0 Å². The molecule has 122 valence electrons. The van der Waals surface area contributed by atoms with Crippen molar-refractivity contribution in [3.05, 3.63) is 93.0 Å². The Morgan fingerprint density at radius 3 is 1.52 bits per heavy atom. The van der Waals surface area contributed by atoms with Crippen LogP contribution in [0.4, 0.5) is 0 Å². The average molecular weight is 344 g/mol. The van der Waals surface area contributed by atoms with Crippen molar-refractivity contribution < 1.29 is 0 Å². The summed E-state index contributed by atoms with van der Waals surface area (Å²) in [7, 11) is 0. The van der Waals surface area contributed by atoms with E-state index >= 15 is 0 Å². The lowest BCUT2D eigenvalue weighted by atomic mass is 9.74. The number of thioether (sulfide) groups is 1. The van der Waals surface area contributed by atoms with Crippen molar-refractivity contribution in [2.45, 2.75) is 5.92 Å². The lowest BCUT2D eigenvalue weighted by molar-refractivity contribution is 0.637. The molecule has 0 spiro atoms. The third-order valence-electron chi connectivity index (χ3n) is 4.26. The van der Waals surface area contributed by atoms with Gasteiger partial charge in [0.1, 0.15) is 0 Å². The summed E-state index contributed by atoms with van der Waals surface area (Å²) in [5.74, 6) is -0.717. The highest BCUT2D eigenvalue weighted by Gasteiger charge is 2.37. The molecule has 1 aliphatic heterocycles. The van der Waals surface area contributed by atoms with Crippen LogP contribution in [-0.2, 0) is 0 Å². The fourth-order valence-corrected chi connectivity index (χ4v) is 3.96. The lowest BCUT2D eigenvalue weighted by Crippen LogP contribution is -2.25. The first-order valence-corrected chi connectivity index (χ1v) is 8.56. The molecule has 2 aromatic carbocycles. The van der Waals surface area contributed by atoms with Crippen LogP contribution in [0.5, 0.6) is 0 Å². The van der Waals surface area contributed by atoms with E-state index in [9.17, 15) is 10.5 Å². The molecular weight excluding hydrogens is 328 g/mol. The number of nitrogens with two attached hydrogens (primary N) is 2. The molecule has 25 heavy (non-hydrogen) atoms. The van der Waals surface area contributed by atoms with Gasteiger partial charge in [-0.2, -0.15) is 10.5 Å². The minimum atomic E-state index is -0.499.